The van der Waals surface area contributed by atoms with Crippen LogP contribution >= 0.6 is 0 Å². The molecule has 1 heterocycles. The quantitative estimate of drug-likeness (QED) is 0.287. The number of halogens is 6. The highest BCUT2D eigenvalue weighted by Gasteiger charge is 2.36. The molecule has 5 nitrogen and oxygen atoms in total. The Bertz CT molecular complexity index is 1150. The molecule has 35 heavy (non-hydrogen) atoms. The molecule has 0 aliphatic rings. The first kappa shape index (κ1) is 26.0. The van der Waals surface area contributed by atoms with Crippen molar-refractivity contribution in [3.8, 4) is 11.5 Å². The van der Waals surface area contributed by atoms with Crippen molar-refractivity contribution in [3.05, 3.63) is 76.6 Å². The molecule has 1 aromatic heterocycles. The molecule has 0 saturated heterocycles. The van der Waals surface area contributed by atoms with Gasteiger partial charge in [-0.3, -0.25) is 4.79 Å². The molecule has 0 radical (unpaired) electrons. The average molecular weight is 497 g/mol. The van der Waals surface area contributed by atoms with Crippen LogP contribution in [0, 0.1) is 0 Å². The van der Waals surface area contributed by atoms with Gasteiger partial charge < -0.3 is 9.84 Å². The molecule has 186 valence electrons. The maximum Gasteiger partial charge on any atom is 0.416 e. The molecule has 0 aliphatic heterocycles. The number of carbonyl (C=O) groups is 1. The first-order valence-electron chi connectivity index (χ1n) is 10.6. The summed E-state index contributed by atoms with van der Waals surface area (Å²) < 4.78 is 82.9. The summed E-state index contributed by atoms with van der Waals surface area (Å²) >= 11 is 0. The van der Waals surface area contributed by atoms with Crippen molar-refractivity contribution in [2.45, 2.75) is 45.1 Å². The number of carbonyl (C=O) groups excluding carboxylic acids is 1. The zero-order chi connectivity index (χ0) is 25.6. The SMILES string of the molecule is CCCCc1noc(-c2ccc(/C=C/C(=O)NCc3cc(C(F)(F)F)cc(C(F)(F)F)c3)cc2)n1. The second-order valence-corrected chi connectivity index (χ2v) is 7.71. The third-order valence-electron chi connectivity index (χ3n) is 4.92. The number of alkyl halides is 6. The second kappa shape index (κ2) is 10.7. The molecule has 3 aromatic rings. The van der Waals surface area contributed by atoms with Gasteiger partial charge in [0.15, 0.2) is 5.82 Å². The van der Waals surface area contributed by atoms with Crippen molar-refractivity contribution in [3.63, 3.8) is 0 Å². The minimum Gasteiger partial charge on any atom is -0.348 e. The number of amides is 1. The molecule has 1 N–H and O–H groups in total. The molecule has 0 fully saturated rings. The summed E-state index contributed by atoms with van der Waals surface area (Å²) in [5, 5.41) is 6.21. The van der Waals surface area contributed by atoms with Gasteiger partial charge in [0.2, 0.25) is 5.91 Å². The summed E-state index contributed by atoms with van der Waals surface area (Å²) in [6, 6.07) is 8.00. The Morgan fingerprint density at radius 2 is 1.63 bits per heavy atom. The van der Waals surface area contributed by atoms with Crippen molar-refractivity contribution in [2.24, 2.45) is 0 Å². The van der Waals surface area contributed by atoms with Gasteiger partial charge in [-0.25, -0.2) is 0 Å². The maximum absolute atomic E-state index is 13.0. The lowest BCUT2D eigenvalue weighted by molar-refractivity contribution is -0.143. The fourth-order valence-electron chi connectivity index (χ4n) is 3.09. The topological polar surface area (TPSA) is 68.0 Å². The van der Waals surface area contributed by atoms with Crippen molar-refractivity contribution >= 4 is 12.0 Å². The van der Waals surface area contributed by atoms with Crippen LogP contribution in [0.5, 0.6) is 0 Å². The first-order chi connectivity index (χ1) is 16.5. The predicted octanol–water partition coefficient (Wildman–Crippen LogP) is 6.45. The van der Waals surface area contributed by atoms with Gasteiger partial charge in [-0.15, -0.1) is 0 Å². The highest BCUT2D eigenvalue weighted by atomic mass is 19.4. The van der Waals surface area contributed by atoms with Gasteiger partial charge in [0, 0.05) is 24.6 Å². The smallest absolute Gasteiger partial charge is 0.348 e. The van der Waals surface area contributed by atoms with E-state index in [2.05, 4.69) is 22.4 Å². The van der Waals surface area contributed by atoms with Crippen molar-refractivity contribution < 1.29 is 35.7 Å². The van der Waals surface area contributed by atoms with Crippen LogP contribution in [0.15, 0.2) is 53.1 Å². The maximum atomic E-state index is 13.0. The zero-order valence-electron chi connectivity index (χ0n) is 18.5. The van der Waals surface area contributed by atoms with E-state index in [4.69, 9.17) is 4.52 Å². The average Bonchev–Trinajstić information content (AvgIpc) is 3.28. The van der Waals surface area contributed by atoms with Crippen molar-refractivity contribution in [1.82, 2.24) is 15.5 Å². The van der Waals surface area contributed by atoms with Crippen LogP contribution in [0.4, 0.5) is 26.3 Å². The fraction of sp³-hybridized carbons (Fsp3) is 0.292. The van der Waals surface area contributed by atoms with Crippen molar-refractivity contribution in [2.75, 3.05) is 0 Å². The second-order valence-electron chi connectivity index (χ2n) is 7.71. The number of benzene rings is 2. The number of rotatable bonds is 8. The number of aryl methyl sites for hydroxylation is 1. The Morgan fingerprint density at radius 3 is 2.20 bits per heavy atom. The predicted molar refractivity (Wildman–Crippen MR) is 116 cm³/mol. The zero-order valence-corrected chi connectivity index (χ0v) is 18.5. The monoisotopic (exact) mass is 497 g/mol. The lowest BCUT2D eigenvalue weighted by atomic mass is 10.0. The standard InChI is InChI=1S/C24H21F6N3O2/c1-2-3-4-20-32-22(35-33-20)17-8-5-15(6-9-17)7-10-21(34)31-14-16-11-18(23(25,26)27)13-19(12-16)24(28,29)30/h5-13H,2-4,14H2,1H3,(H,31,34)/b10-7+. The third kappa shape index (κ3) is 7.43. The Kier molecular flexibility index (Phi) is 7.98. The van der Waals surface area contributed by atoms with Gasteiger partial charge in [-0.2, -0.15) is 31.3 Å². The number of hydrogen-bond donors (Lipinski definition) is 1. The summed E-state index contributed by atoms with van der Waals surface area (Å²) in [6.45, 7) is 1.55. The summed E-state index contributed by atoms with van der Waals surface area (Å²) in [4.78, 5) is 16.4. The molecule has 0 unspecified atom stereocenters. The molecule has 3 rings (SSSR count). The molecule has 2 aromatic carbocycles. The summed E-state index contributed by atoms with van der Waals surface area (Å²) in [5.41, 5.74) is -1.88. The van der Waals surface area contributed by atoms with Gasteiger partial charge in [0.25, 0.3) is 5.89 Å². The number of unbranched alkanes of at least 4 members (excludes halogenated alkanes) is 1. The normalized spacial score (nSPS) is 12.3. The molecular weight excluding hydrogens is 476 g/mol. The highest BCUT2D eigenvalue weighted by molar-refractivity contribution is 5.91. The first-order valence-corrected chi connectivity index (χ1v) is 10.6. The molecule has 0 spiro atoms. The molecule has 0 aliphatic carbocycles. The van der Waals surface area contributed by atoms with E-state index < -0.39 is 35.9 Å². The van der Waals surface area contributed by atoms with E-state index in [0.717, 1.165) is 18.9 Å². The minimum absolute atomic E-state index is 0.0369. The van der Waals surface area contributed by atoms with E-state index in [1.54, 1.807) is 24.3 Å². The Labute approximate surface area is 196 Å². The lowest BCUT2D eigenvalue weighted by Gasteiger charge is -2.14. The molecule has 1 amide bonds. The van der Waals surface area contributed by atoms with Gasteiger partial charge in [0.1, 0.15) is 0 Å². The van der Waals surface area contributed by atoms with Gasteiger partial charge >= 0.3 is 12.4 Å². The largest absolute Gasteiger partial charge is 0.416 e. The van der Waals surface area contributed by atoms with Gasteiger partial charge in [0.05, 0.1) is 11.1 Å². The van der Waals surface area contributed by atoms with Crippen LogP contribution in [0.2, 0.25) is 0 Å². The van der Waals surface area contributed by atoms with Crippen LogP contribution < -0.4 is 5.32 Å². The molecule has 0 saturated carbocycles. The van der Waals surface area contributed by atoms with Gasteiger partial charge in [-0.05, 0) is 54.0 Å². The Balaban J connectivity index is 1.62. The lowest BCUT2D eigenvalue weighted by Crippen LogP contribution is -2.21. The molecule has 0 atom stereocenters. The summed E-state index contributed by atoms with van der Waals surface area (Å²) in [6.07, 6.45) is -4.66. The highest BCUT2D eigenvalue weighted by Crippen LogP contribution is 2.36. The van der Waals surface area contributed by atoms with Crippen LogP contribution in [0.1, 0.15) is 47.8 Å². The van der Waals surface area contributed by atoms with Crippen LogP contribution in [-0.2, 0) is 30.1 Å². The minimum atomic E-state index is -4.95. The third-order valence-corrected chi connectivity index (χ3v) is 4.92. The van der Waals surface area contributed by atoms with E-state index in [-0.39, 0.29) is 11.6 Å². The Hall–Kier alpha value is -3.63. The summed E-state index contributed by atoms with van der Waals surface area (Å²) in [7, 11) is 0. The van der Waals surface area contributed by atoms with E-state index in [1.807, 2.05) is 0 Å². The van der Waals surface area contributed by atoms with Crippen molar-refractivity contribution in [1.29, 1.82) is 0 Å². The molecule has 0 bridgehead atoms. The van der Waals surface area contributed by atoms with E-state index in [9.17, 15) is 31.1 Å². The number of aromatic nitrogens is 2. The van der Waals surface area contributed by atoms with E-state index in [1.165, 1.54) is 6.08 Å². The Morgan fingerprint density at radius 1 is 1.00 bits per heavy atom. The fourth-order valence-corrected chi connectivity index (χ4v) is 3.09. The van der Waals surface area contributed by atoms with E-state index in [0.29, 0.717) is 41.4 Å². The number of nitrogens with zero attached hydrogens (tertiary/aromatic N) is 2. The molecule has 11 heteroatoms. The van der Waals surface area contributed by atoms with Crippen LogP contribution in [0.3, 0.4) is 0 Å². The molecular formula is C24H21F6N3O2. The van der Waals surface area contributed by atoms with E-state index >= 15 is 0 Å². The van der Waals surface area contributed by atoms with Gasteiger partial charge in [-0.1, -0.05) is 30.6 Å². The van der Waals surface area contributed by atoms with Crippen LogP contribution in [0.25, 0.3) is 17.5 Å². The van der Waals surface area contributed by atoms with Crippen LogP contribution in [-0.4, -0.2) is 16.0 Å². The number of nitrogens with one attached hydrogen (secondary N) is 1. The number of hydrogen-bond acceptors (Lipinski definition) is 4. The summed E-state index contributed by atoms with van der Waals surface area (Å²) in [5.74, 6) is 0.298.